The van der Waals surface area contributed by atoms with Gasteiger partial charge in [-0.15, -0.1) is 0 Å². The highest BCUT2D eigenvalue weighted by atomic mass is 19.3. The van der Waals surface area contributed by atoms with Crippen LogP contribution in [0.2, 0.25) is 0 Å². The minimum atomic E-state index is -2.44. The molecule has 0 radical (unpaired) electrons. The maximum Gasteiger partial charge on any atom is 0.248 e. The molecule has 3 heteroatoms. The van der Waals surface area contributed by atoms with E-state index >= 15 is 0 Å². The van der Waals surface area contributed by atoms with Crippen LogP contribution in [0.3, 0.4) is 0 Å². The number of nitrogens with one attached hydrogen (secondary N) is 1. The van der Waals surface area contributed by atoms with Crippen LogP contribution < -0.4 is 0 Å². The summed E-state index contributed by atoms with van der Waals surface area (Å²) in [5.41, 5.74) is 0. The van der Waals surface area contributed by atoms with Gasteiger partial charge in [0.05, 0.1) is 0 Å². The van der Waals surface area contributed by atoms with E-state index in [0.29, 0.717) is 12.8 Å². The van der Waals surface area contributed by atoms with Gasteiger partial charge in [0.15, 0.2) is 0 Å². The van der Waals surface area contributed by atoms with Crippen molar-refractivity contribution in [2.24, 2.45) is 5.92 Å². The van der Waals surface area contributed by atoms with Crippen LogP contribution in [0.5, 0.6) is 0 Å². The van der Waals surface area contributed by atoms with Gasteiger partial charge < -0.3 is 5.41 Å². The molecule has 1 fully saturated rings. The molecule has 1 rings (SSSR count). The zero-order valence-electron chi connectivity index (χ0n) is 5.74. The van der Waals surface area contributed by atoms with Crippen molar-refractivity contribution in [1.29, 1.82) is 5.41 Å². The summed E-state index contributed by atoms with van der Waals surface area (Å²) < 4.78 is 24.9. The third-order valence-corrected chi connectivity index (χ3v) is 2.00. The van der Waals surface area contributed by atoms with Crippen LogP contribution in [-0.2, 0) is 0 Å². The van der Waals surface area contributed by atoms with Gasteiger partial charge in [0, 0.05) is 12.8 Å². The Morgan fingerprint density at radius 1 is 1.30 bits per heavy atom. The Bertz CT molecular complexity index is 124. The van der Waals surface area contributed by atoms with Crippen LogP contribution in [0.4, 0.5) is 8.78 Å². The molecule has 0 aromatic carbocycles. The van der Waals surface area contributed by atoms with E-state index in [4.69, 9.17) is 5.41 Å². The van der Waals surface area contributed by atoms with Crippen molar-refractivity contribution >= 4 is 6.21 Å². The monoisotopic (exact) mass is 147 g/mol. The zero-order valence-corrected chi connectivity index (χ0v) is 5.74. The van der Waals surface area contributed by atoms with Gasteiger partial charge in [-0.3, -0.25) is 0 Å². The molecular weight excluding hydrogens is 136 g/mol. The van der Waals surface area contributed by atoms with Crippen LogP contribution in [0, 0.1) is 11.3 Å². The molecule has 0 bridgehead atoms. The Kier molecular flexibility index (Phi) is 2.02. The van der Waals surface area contributed by atoms with Crippen LogP contribution in [0.1, 0.15) is 25.7 Å². The number of hydrogen-bond acceptors (Lipinski definition) is 1. The smallest absolute Gasteiger partial charge is 0.248 e. The average molecular weight is 147 g/mol. The Morgan fingerprint density at radius 2 is 1.80 bits per heavy atom. The topological polar surface area (TPSA) is 23.9 Å². The number of halogens is 2. The van der Waals surface area contributed by atoms with Gasteiger partial charge >= 0.3 is 0 Å². The molecule has 1 aliphatic rings. The predicted octanol–water partition coefficient (Wildman–Crippen LogP) is 2.46. The lowest BCUT2D eigenvalue weighted by Crippen LogP contribution is -2.24. The maximum atomic E-state index is 12.4. The first-order chi connectivity index (χ1) is 4.64. The molecule has 0 saturated heterocycles. The van der Waals surface area contributed by atoms with E-state index in [-0.39, 0.29) is 18.8 Å². The normalized spacial score (nSPS) is 26.2. The van der Waals surface area contributed by atoms with E-state index in [9.17, 15) is 8.78 Å². The Morgan fingerprint density at radius 3 is 2.20 bits per heavy atom. The predicted molar refractivity (Wildman–Crippen MR) is 35.7 cm³/mol. The lowest BCUT2D eigenvalue weighted by Gasteiger charge is -2.25. The lowest BCUT2D eigenvalue weighted by molar-refractivity contribution is -0.0390. The largest absolute Gasteiger partial charge is 0.313 e. The van der Waals surface area contributed by atoms with Crippen molar-refractivity contribution in [2.75, 3.05) is 0 Å². The van der Waals surface area contributed by atoms with Gasteiger partial charge in [0.25, 0.3) is 0 Å². The third kappa shape index (κ3) is 1.75. The Labute approximate surface area is 58.9 Å². The molecule has 1 N–H and O–H groups in total. The maximum absolute atomic E-state index is 12.4. The first-order valence-corrected chi connectivity index (χ1v) is 3.52. The van der Waals surface area contributed by atoms with E-state index in [2.05, 4.69) is 0 Å². The third-order valence-electron chi connectivity index (χ3n) is 2.00. The average Bonchev–Trinajstić information content (AvgIpc) is 1.88. The first-order valence-electron chi connectivity index (χ1n) is 3.52. The van der Waals surface area contributed by atoms with E-state index in [1.54, 1.807) is 0 Å². The van der Waals surface area contributed by atoms with E-state index < -0.39 is 5.92 Å². The van der Waals surface area contributed by atoms with E-state index in [1.165, 1.54) is 6.21 Å². The fraction of sp³-hybridized carbons (Fsp3) is 0.857. The zero-order chi connectivity index (χ0) is 7.61. The summed E-state index contributed by atoms with van der Waals surface area (Å²) in [6, 6.07) is 0. The second kappa shape index (κ2) is 2.64. The molecule has 0 aliphatic heterocycles. The lowest BCUT2D eigenvalue weighted by atomic mass is 9.88. The highest BCUT2D eigenvalue weighted by molar-refractivity contribution is 5.56. The number of hydrogen-bond donors (Lipinski definition) is 1. The molecule has 0 atom stereocenters. The Balaban J connectivity index is 2.38. The summed E-state index contributed by atoms with van der Waals surface area (Å²) in [6.07, 6.45) is 2.18. The molecule has 0 spiro atoms. The van der Waals surface area contributed by atoms with Crippen LogP contribution in [0.15, 0.2) is 0 Å². The van der Waals surface area contributed by atoms with Gasteiger partial charge in [-0.05, 0) is 25.0 Å². The van der Waals surface area contributed by atoms with Crippen molar-refractivity contribution in [3.05, 3.63) is 0 Å². The summed E-state index contributed by atoms with van der Waals surface area (Å²) >= 11 is 0. The molecule has 1 aliphatic carbocycles. The SMILES string of the molecule is N=CC1CCC(F)(F)CC1. The van der Waals surface area contributed by atoms with E-state index in [0.717, 1.165) is 0 Å². The fourth-order valence-corrected chi connectivity index (χ4v) is 1.23. The molecule has 0 heterocycles. The highest BCUT2D eigenvalue weighted by Gasteiger charge is 2.33. The molecular formula is C7H11F2N. The standard InChI is InChI=1S/C7H11F2N/c8-7(9)3-1-6(5-10)2-4-7/h5-6,10H,1-4H2. The van der Waals surface area contributed by atoms with Crippen molar-refractivity contribution in [1.82, 2.24) is 0 Å². The summed E-state index contributed by atoms with van der Waals surface area (Å²) in [5, 5.41) is 6.86. The minimum Gasteiger partial charge on any atom is -0.313 e. The van der Waals surface area contributed by atoms with Crippen molar-refractivity contribution in [2.45, 2.75) is 31.6 Å². The quantitative estimate of drug-likeness (QED) is 0.551. The highest BCUT2D eigenvalue weighted by Crippen LogP contribution is 2.35. The number of alkyl halides is 2. The molecule has 10 heavy (non-hydrogen) atoms. The number of rotatable bonds is 1. The molecule has 0 amide bonds. The second-order valence-corrected chi connectivity index (χ2v) is 2.86. The Hall–Kier alpha value is -0.470. The van der Waals surface area contributed by atoms with Crippen molar-refractivity contribution < 1.29 is 8.78 Å². The van der Waals surface area contributed by atoms with Crippen molar-refractivity contribution in [3.8, 4) is 0 Å². The van der Waals surface area contributed by atoms with Crippen LogP contribution in [0.25, 0.3) is 0 Å². The first kappa shape index (κ1) is 7.63. The van der Waals surface area contributed by atoms with Gasteiger partial charge in [0.1, 0.15) is 0 Å². The van der Waals surface area contributed by atoms with Crippen molar-refractivity contribution in [3.63, 3.8) is 0 Å². The molecule has 0 unspecified atom stereocenters. The van der Waals surface area contributed by atoms with Gasteiger partial charge in [-0.25, -0.2) is 8.78 Å². The molecule has 0 aromatic heterocycles. The molecule has 58 valence electrons. The van der Waals surface area contributed by atoms with Gasteiger partial charge in [-0.1, -0.05) is 0 Å². The van der Waals surface area contributed by atoms with Crippen LogP contribution >= 0.6 is 0 Å². The molecule has 1 saturated carbocycles. The fourth-order valence-electron chi connectivity index (χ4n) is 1.23. The second-order valence-electron chi connectivity index (χ2n) is 2.86. The molecule has 0 aromatic rings. The summed E-state index contributed by atoms with van der Waals surface area (Å²) in [7, 11) is 0. The van der Waals surface area contributed by atoms with Gasteiger partial charge in [-0.2, -0.15) is 0 Å². The van der Waals surface area contributed by atoms with Gasteiger partial charge in [0.2, 0.25) is 5.92 Å². The summed E-state index contributed by atoms with van der Waals surface area (Å²) in [5.74, 6) is -2.33. The minimum absolute atomic E-state index is 0.0347. The van der Waals surface area contributed by atoms with Crippen LogP contribution in [-0.4, -0.2) is 12.1 Å². The molecule has 1 nitrogen and oxygen atoms in total. The summed E-state index contributed by atoms with van der Waals surface area (Å²) in [6.45, 7) is 0. The van der Waals surface area contributed by atoms with E-state index in [1.807, 2.05) is 0 Å². The summed E-state index contributed by atoms with van der Waals surface area (Å²) in [4.78, 5) is 0.